The Morgan fingerprint density at radius 1 is 0.586 bits per heavy atom. The second-order valence-corrected chi connectivity index (χ2v) is 11.5. The summed E-state index contributed by atoms with van der Waals surface area (Å²) in [4.78, 5) is 22.6. The molecule has 0 aromatic carbocycles. The molecule has 0 aromatic heterocycles. The first-order valence-corrected chi connectivity index (χ1v) is 15.9. The first-order chi connectivity index (χ1) is 14.1. The molecule has 5 heteroatoms. The van der Waals surface area contributed by atoms with Crippen molar-refractivity contribution in [2.24, 2.45) is 0 Å². The molecule has 0 aromatic rings. The Balaban J connectivity index is 0. The Morgan fingerprint density at radius 2 is 0.966 bits per heavy atom. The van der Waals surface area contributed by atoms with E-state index >= 15 is 0 Å². The molecule has 0 bridgehead atoms. The molecule has 0 N–H and O–H groups in total. The second kappa shape index (κ2) is 27.5. The van der Waals surface area contributed by atoms with Crippen molar-refractivity contribution in [2.45, 2.75) is 114 Å². The summed E-state index contributed by atoms with van der Waals surface area (Å²) in [6.07, 6.45) is 16.6. The molecule has 0 saturated heterocycles. The third kappa shape index (κ3) is 29.8. The number of carbonyl (C=O) groups is 2. The summed E-state index contributed by atoms with van der Waals surface area (Å²) in [6.45, 7) is 9.66. The predicted molar refractivity (Wildman–Crippen MR) is 125 cm³/mol. The van der Waals surface area contributed by atoms with Gasteiger partial charge in [0.25, 0.3) is 0 Å². The number of hydrogen-bond donors (Lipinski definition) is 0. The van der Waals surface area contributed by atoms with E-state index in [9.17, 15) is 9.59 Å². The SMILES string of the molecule is CCCCCCOC(=O)/C=C\C(=O)OCCCCCC.CCC[CH2][Sn][CH2]CCC. The minimum atomic E-state index is -0.482. The van der Waals surface area contributed by atoms with Crippen LogP contribution in [0.5, 0.6) is 0 Å². The number of unbranched alkanes of at least 4 members (excludes halogenated alkanes) is 8. The van der Waals surface area contributed by atoms with Crippen LogP contribution < -0.4 is 0 Å². The van der Waals surface area contributed by atoms with Gasteiger partial charge in [0.1, 0.15) is 0 Å². The Bertz CT molecular complexity index is 349. The standard InChI is InChI=1S/C16H28O4.2C4H9.Sn/c1-3-5-7-9-13-19-15(17)11-12-16(18)20-14-10-8-6-4-2;2*1-3-4-2;/h11-12H,3-10,13-14H2,1-2H3;2*1,3-4H2,2H3;/b12-11-;;;. The maximum atomic E-state index is 11.3. The molecule has 0 aliphatic carbocycles. The zero-order chi connectivity index (χ0) is 22.0. The molecule has 170 valence electrons. The van der Waals surface area contributed by atoms with Gasteiger partial charge in [0.05, 0.1) is 13.2 Å². The van der Waals surface area contributed by atoms with Gasteiger partial charge < -0.3 is 9.47 Å². The Morgan fingerprint density at radius 3 is 1.31 bits per heavy atom. The van der Waals surface area contributed by atoms with Crippen molar-refractivity contribution in [1.82, 2.24) is 0 Å². The summed E-state index contributed by atoms with van der Waals surface area (Å²) < 4.78 is 13.2. The molecule has 0 heterocycles. The van der Waals surface area contributed by atoms with Gasteiger partial charge in [-0.1, -0.05) is 52.4 Å². The van der Waals surface area contributed by atoms with Crippen molar-refractivity contribution >= 4 is 33.1 Å². The maximum absolute atomic E-state index is 11.3. The molecule has 0 saturated carbocycles. The molecule has 0 fully saturated rings. The summed E-state index contributed by atoms with van der Waals surface area (Å²) in [5.41, 5.74) is 0. The number of hydrogen-bond acceptors (Lipinski definition) is 4. The van der Waals surface area contributed by atoms with Crippen molar-refractivity contribution in [2.75, 3.05) is 13.2 Å². The van der Waals surface area contributed by atoms with Gasteiger partial charge in [-0.2, -0.15) is 0 Å². The number of ether oxygens (including phenoxy) is 2. The molecule has 0 aliphatic heterocycles. The van der Waals surface area contributed by atoms with Crippen LogP contribution in [0, 0.1) is 0 Å². The average Bonchev–Trinajstić information content (AvgIpc) is 2.72. The average molecular weight is 517 g/mol. The van der Waals surface area contributed by atoms with Crippen LogP contribution in [-0.2, 0) is 19.1 Å². The van der Waals surface area contributed by atoms with Crippen LogP contribution >= 0.6 is 0 Å². The summed E-state index contributed by atoms with van der Waals surface area (Å²) in [5, 5.41) is 0. The summed E-state index contributed by atoms with van der Waals surface area (Å²) in [7, 11) is 0. The van der Waals surface area contributed by atoms with E-state index in [4.69, 9.17) is 9.47 Å². The number of esters is 2. The van der Waals surface area contributed by atoms with Gasteiger partial charge in [0, 0.05) is 12.2 Å². The van der Waals surface area contributed by atoms with Gasteiger partial charge in [-0.3, -0.25) is 0 Å². The molecular weight excluding hydrogens is 471 g/mol. The molecule has 0 unspecified atom stereocenters. The third-order valence-corrected chi connectivity index (χ3v) is 8.29. The topological polar surface area (TPSA) is 52.6 Å². The quantitative estimate of drug-likeness (QED) is 0.0858. The van der Waals surface area contributed by atoms with Crippen LogP contribution in [0.1, 0.15) is 105 Å². The molecule has 0 spiro atoms. The van der Waals surface area contributed by atoms with Crippen LogP contribution in [0.15, 0.2) is 12.2 Å². The van der Waals surface area contributed by atoms with E-state index in [1.165, 1.54) is 25.7 Å². The summed E-state index contributed by atoms with van der Waals surface area (Å²) >= 11 is 0.149. The molecule has 0 amide bonds. The van der Waals surface area contributed by atoms with Crippen molar-refractivity contribution < 1.29 is 19.1 Å². The van der Waals surface area contributed by atoms with Crippen LogP contribution in [0.3, 0.4) is 0 Å². The van der Waals surface area contributed by atoms with Gasteiger partial charge in [0.2, 0.25) is 0 Å². The fourth-order valence-electron chi connectivity index (χ4n) is 2.36. The zero-order valence-corrected chi connectivity index (χ0v) is 22.5. The Kier molecular flexibility index (Phi) is 29.1. The summed E-state index contributed by atoms with van der Waals surface area (Å²) in [5.74, 6) is -0.964. The first-order valence-electron chi connectivity index (χ1n) is 11.8. The van der Waals surface area contributed by atoms with E-state index < -0.39 is 11.9 Å². The van der Waals surface area contributed by atoms with Gasteiger partial charge >= 0.3 is 81.5 Å². The molecule has 4 nitrogen and oxygen atoms in total. The van der Waals surface area contributed by atoms with E-state index in [2.05, 4.69) is 27.7 Å². The van der Waals surface area contributed by atoms with Crippen molar-refractivity contribution in [3.63, 3.8) is 0 Å². The Hall–Kier alpha value is -0.521. The van der Waals surface area contributed by atoms with Crippen LogP contribution in [-0.4, -0.2) is 46.3 Å². The van der Waals surface area contributed by atoms with E-state index in [1.54, 1.807) is 8.87 Å². The fraction of sp³-hybridized carbons (Fsp3) is 0.833. The summed E-state index contributed by atoms with van der Waals surface area (Å²) in [6, 6.07) is 0. The van der Waals surface area contributed by atoms with Crippen molar-refractivity contribution in [1.29, 1.82) is 0 Å². The van der Waals surface area contributed by atoms with Crippen LogP contribution in [0.25, 0.3) is 0 Å². The van der Waals surface area contributed by atoms with Crippen LogP contribution in [0.2, 0.25) is 8.87 Å². The third-order valence-electron chi connectivity index (χ3n) is 4.25. The van der Waals surface area contributed by atoms with E-state index in [0.717, 1.165) is 63.5 Å². The van der Waals surface area contributed by atoms with E-state index in [0.29, 0.717) is 13.2 Å². The molecule has 29 heavy (non-hydrogen) atoms. The zero-order valence-electron chi connectivity index (χ0n) is 19.6. The predicted octanol–water partition coefficient (Wildman–Crippen LogP) is 6.92. The van der Waals surface area contributed by atoms with Crippen molar-refractivity contribution in [3.8, 4) is 0 Å². The normalized spacial score (nSPS) is 10.5. The molecule has 0 aliphatic rings. The second-order valence-electron chi connectivity index (χ2n) is 7.25. The molecular formula is C24H46O4Sn. The first kappa shape index (κ1) is 30.7. The van der Waals surface area contributed by atoms with Gasteiger partial charge in [-0.05, 0) is 12.8 Å². The van der Waals surface area contributed by atoms with Gasteiger partial charge in [-0.25, -0.2) is 9.59 Å². The molecule has 0 atom stereocenters. The van der Waals surface area contributed by atoms with E-state index in [1.807, 2.05) is 0 Å². The van der Waals surface area contributed by atoms with Gasteiger partial charge in [0.15, 0.2) is 0 Å². The minimum absolute atomic E-state index is 0.149. The van der Waals surface area contributed by atoms with Crippen LogP contribution in [0.4, 0.5) is 0 Å². The van der Waals surface area contributed by atoms with Crippen molar-refractivity contribution in [3.05, 3.63) is 12.2 Å². The monoisotopic (exact) mass is 518 g/mol. The number of rotatable bonds is 18. The Labute approximate surface area is 190 Å². The molecule has 0 rings (SSSR count). The van der Waals surface area contributed by atoms with Gasteiger partial charge in [-0.15, -0.1) is 0 Å². The van der Waals surface area contributed by atoms with E-state index in [-0.39, 0.29) is 21.1 Å². The molecule has 2 radical (unpaired) electrons. The number of carbonyl (C=O) groups excluding carboxylic acids is 2. The fourth-order valence-corrected chi connectivity index (χ4v) is 6.52.